The van der Waals surface area contributed by atoms with Crippen LogP contribution in [0, 0.1) is 0 Å². The SMILES string of the molecule is CCOc1cccc(CNCC2CCCO2)c1OCc1ccc(Cl)cc1Cl.Cl. The van der Waals surface area contributed by atoms with Crippen molar-refractivity contribution in [2.75, 3.05) is 19.8 Å². The summed E-state index contributed by atoms with van der Waals surface area (Å²) in [6, 6.07) is 11.4. The van der Waals surface area contributed by atoms with Crippen LogP contribution in [0.15, 0.2) is 36.4 Å². The molecule has 0 spiro atoms. The first-order valence-electron chi connectivity index (χ1n) is 9.31. The lowest BCUT2D eigenvalue weighted by Crippen LogP contribution is -2.26. The first kappa shape index (κ1) is 23.1. The van der Waals surface area contributed by atoms with Crippen molar-refractivity contribution in [1.29, 1.82) is 0 Å². The highest BCUT2D eigenvalue weighted by Crippen LogP contribution is 2.33. The average Bonchev–Trinajstić information content (AvgIpc) is 3.16. The van der Waals surface area contributed by atoms with Gasteiger partial charge in [-0.2, -0.15) is 0 Å². The molecule has 1 fully saturated rings. The minimum absolute atomic E-state index is 0. The lowest BCUT2D eigenvalue weighted by molar-refractivity contribution is 0.110. The van der Waals surface area contributed by atoms with Gasteiger partial charge in [0.25, 0.3) is 0 Å². The molecule has 28 heavy (non-hydrogen) atoms. The number of benzene rings is 2. The Morgan fingerprint density at radius 1 is 1.14 bits per heavy atom. The molecule has 3 rings (SSSR count). The molecule has 7 heteroatoms. The third-order valence-corrected chi connectivity index (χ3v) is 5.05. The van der Waals surface area contributed by atoms with Gasteiger partial charge in [0.15, 0.2) is 11.5 Å². The van der Waals surface area contributed by atoms with Crippen molar-refractivity contribution in [2.45, 2.75) is 39.0 Å². The van der Waals surface area contributed by atoms with Gasteiger partial charge in [-0.25, -0.2) is 0 Å². The zero-order valence-electron chi connectivity index (χ0n) is 15.9. The molecule has 0 bridgehead atoms. The highest BCUT2D eigenvalue weighted by atomic mass is 35.5. The molecule has 1 atom stereocenters. The molecule has 0 radical (unpaired) electrons. The van der Waals surface area contributed by atoms with Gasteiger partial charge in [0.05, 0.1) is 12.7 Å². The summed E-state index contributed by atoms with van der Waals surface area (Å²) in [5, 5.41) is 4.67. The van der Waals surface area contributed by atoms with E-state index in [9.17, 15) is 0 Å². The standard InChI is InChI=1S/C21H25Cl2NO3.ClH/c1-2-25-20-7-3-5-15(12-24-13-18-6-4-10-26-18)21(20)27-14-16-8-9-17(22)11-19(16)23;/h3,5,7-9,11,18,24H,2,4,6,10,12-14H2,1H3;1H. The van der Waals surface area contributed by atoms with Crippen LogP contribution in [0.2, 0.25) is 10.0 Å². The minimum atomic E-state index is 0. The van der Waals surface area contributed by atoms with Gasteiger partial charge in [-0.1, -0.05) is 41.4 Å². The molecule has 0 aliphatic carbocycles. The van der Waals surface area contributed by atoms with E-state index in [1.54, 1.807) is 6.07 Å². The molecule has 1 N–H and O–H groups in total. The predicted octanol–water partition coefficient (Wildman–Crippen LogP) is 5.66. The van der Waals surface area contributed by atoms with Crippen LogP contribution in [-0.2, 0) is 17.9 Å². The first-order chi connectivity index (χ1) is 13.2. The van der Waals surface area contributed by atoms with Crippen LogP contribution >= 0.6 is 35.6 Å². The van der Waals surface area contributed by atoms with Crippen LogP contribution in [0.3, 0.4) is 0 Å². The van der Waals surface area contributed by atoms with Crippen LogP contribution in [0.1, 0.15) is 30.9 Å². The maximum atomic E-state index is 6.27. The van der Waals surface area contributed by atoms with E-state index in [1.165, 1.54) is 0 Å². The highest BCUT2D eigenvalue weighted by Gasteiger charge is 2.16. The molecule has 1 heterocycles. The van der Waals surface area contributed by atoms with Crippen LogP contribution in [0.4, 0.5) is 0 Å². The molecule has 0 aromatic heterocycles. The zero-order chi connectivity index (χ0) is 19.1. The fourth-order valence-electron chi connectivity index (χ4n) is 3.10. The smallest absolute Gasteiger partial charge is 0.166 e. The van der Waals surface area contributed by atoms with Gasteiger partial charge in [-0.15, -0.1) is 12.4 Å². The Morgan fingerprint density at radius 2 is 2.00 bits per heavy atom. The van der Waals surface area contributed by atoms with Crippen molar-refractivity contribution in [3.63, 3.8) is 0 Å². The Morgan fingerprint density at radius 3 is 2.71 bits per heavy atom. The second kappa shape index (κ2) is 11.7. The minimum Gasteiger partial charge on any atom is -0.490 e. The van der Waals surface area contributed by atoms with Crippen LogP contribution in [-0.4, -0.2) is 25.9 Å². The number of para-hydroxylation sites is 1. The van der Waals surface area contributed by atoms with Gasteiger partial charge in [0.2, 0.25) is 0 Å². The number of ether oxygens (including phenoxy) is 3. The topological polar surface area (TPSA) is 39.7 Å². The van der Waals surface area contributed by atoms with Gasteiger partial charge < -0.3 is 19.5 Å². The molecular weight excluding hydrogens is 421 g/mol. The van der Waals surface area contributed by atoms with Crippen LogP contribution in [0.25, 0.3) is 0 Å². The second-order valence-electron chi connectivity index (χ2n) is 6.47. The molecular formula is C21H26Cl3NO3. The van der Waals surface area contributed by atoms with E-state index in [4.69, 9.17) is 37.4 Å². The molecule has 2 aromatic rings. The summed E-state index contributed by atoms with van der Waals surface area (Å²) in [4.78, 5) is 0. The first-order valence-corrected chi connectivity index (χ1v) is 10.1. The third kappa shape index (κ3) is 6.43. The Labute approximate surface area is 182 Å². The van der Waals surface area contributed by atoms with Crippen molar-refractivity contribution < 1.29 is 14.2 Å². The summed E-state index contributed by atoms with van der Waals surface area (Å²) in [7, 11) is 0. The Bertz CT molecular complexity index is 752. The van der Waals surface area contributed by atoms with Crippen molar-refractivity contribution in [1.82, 2.24) is 5.32 Å². The van der Waals surface area contributed by atoms with Crippen molar-refractivity contribution in [2.24, 2.45) is 0 Å². The summed E-state index contributed by atoms with van der Waals surface area (Å²) in [5.74, 6) is 1.48. The molecule has 2 aromatic carbocycles. The van der Waals surface area contributed by atoms with Gasteiger partial charge in [-0.3, -0.25) is 0 Å². The van der Waals surface area contributed by atoms with Gasteiger partial charge in [0.1, 0.15) is 6.61 Å². The number of hydrogen-bond acceptors (Lipinski definition) is 4. The number of rotatable bonds is 9. The molecule has 0 saturated carbocycles. The monoisotopic (exact) mass is 445 g/mol. The van der Waals surface area contributed by atoms with E-state index in [0.29, 0.717) is 35.9 Å². The summed E-state index contributed by atoms with van der Waals surface area (Å²) in [5.41, 5.74) is 1.93. The Hall–Kier alpha value is -1.17. The molecule has 1 saturated heterocycles. The largest absolute Gasteiger partial charge is 0.490 e. The lowest BCUT2D eigenvalue weighted by atomic mass is 10.1. The number of hydrogen-bond donors (Lipinski definition) is 1. The van der Waals surface area contributed by atoms with Crippen LogP contribution < -0.4 is 14.8 Å². The molecule has 1 aliphatic rings. The maximum Gasteiger partial charge on any atom is 0.166 e. The normalized spacial score (nSPS) is 15.9. The van der Waals surface area contributed by atoms with Crippen molar-refractivity contribution in [3.8, 4) is 11.5 Å². The molecule has 0 amide bonds. The van der Waals surface area contributed by atoms with Crippen molar-refractivity contribution >= 4 is 35.6 Å². The molecule has 1 aliphatic heterocycles. The van der Waals surface area contributed by atoms with Crippen LogP contribution in [0.5, 0.6) is 11.5 Å². The van der Waals surface area contributed by atoms with E-state index in [1.807, 2.05) is 37.3 Å². The Kier molecular flexibility index (Phi) is 9.69. The second-order valence-corrected chi connectivity index (χ2v) is 7.31. The van der Waals surface area contributed by atoms with Gasteiger partial charge in [0, 0.05) is 40.9 Å². The summed E-state index contributed by atoms with van der Waals surface area (Å²) < 4.78 is 17.6. The molecule has 1 unspecified atom stereocenters. The highest BCUT2D eigenvalue weighted by molar-refractivity contribution is 6.35. The third-order valence-electron chi connectivity index (χ3n) is 4.46. The van der Waals surface area contributed by atoms with Crippen molar-refractivity contribution in [3.05, 3.63) is 57.6 Å². The summed E-state index contributed by atoms with van der Waals surface area (Å²) >= 11 is 12.2. The predicted molar refractivity (Wildman–Crippen MR) is 116 cm³/mol. The van der Waals surface area contributed by atoms with E-state index in [2.05, 4.69) is 5.32 Å². The number of halogens is 3. The van der Waals surface area contributed by atoms with E-state index in [-0.39, 0.29) is 12.4 Å². The van der Waals surface area contributed by atoms with Gasteiger partial charge in [-0.05, 0) is 38.0 Å². The van der Waals surface area contributed by atoms with E-state index < -0.39 is 0 Å². The summed E-state index contributed by atoms with van der Waals surface area (Å²) in [6.45, 7) is 5.26. The maximum absolute atomic E-state index is 6.27. The average molecular weight is 447 g/mol. The quantitative estimate of drug-likeness (QED) is 0.539. The van der Waals surface area contributed by atoms with E-state index >= 15 is 0 Å². The van der Waals surface area contributed by atoms with Gasteiger partial charge >= 0.3 is 0 Å². The fourth-order valence-corrected chi connectivity index (χ4v) is 3.56. The lowest BCUT2D eigenvalue weighted by Gasteiger charge is -2.18. The zero-order valence-corrected chi connectivity index (χ0v) is 18.2. The molecule has 154 valence electrons. The number of nitrogens with one attached hydrogen (secondary N) is 1. The van der Waals surface area contributed by atoms with E-state index in [0.717, 1.165) is 48.6 Å². The Balaban J connectivity index is 0.00000280. The summed E-state index contributed by atoms with van der Waals surface area (Å²) in [6.07, 6.45) is 2.56. The molecule has 4 nitrogen and oxygen atoms in total. The fraction of sp³-hybridized carbons (Fsp3) is 0.429.